The van der Waals surface area contributed by atoms with Crippen LogP contribution in [0.4, 0.5) is 0 Å². The fourth-order valence-corrected chi connectivity index (χ4v) is 4.39. The van der Waals surface area contributed by atoms with Crippen molar-refractivity contribution in [3.63, 3.8) is 0 Å². The number of thioether (sulfide) groups is 1. The zero-order chi connectivity index (χ0) is 18.0. The van der Waals surface area contributed by atoms with Crippen molar-refractivity contribution in [1.29, 1.82) is 5.26 Å². The van der Waals surface area contributed by atoms with E-state index in [-0.39, 0.29) is 11.7 Å². The van der Waals surface area contributed by atoms with E-state index >= 15 is 0 Å². The number of allylic oxidation sites excluding steroid dienone is 3. The topological polar surface area (TPSA) is 52.9 Å². The Morgan fingerprint density at radius 1 is 1.28 bits per heavy atom. The summed E-state index contributed by atoms with van der Waals surface area (Å²) in [5.41, 5.74) is 4.73. The van der Waals surface area contributed by atoms with E-state index in [1.54, 1.807) is 11.8 Å². The van der Waals surface area contributed by atoms with Crippen LogP contribution in [0.25, 0.3) is 0 Å². The predicted octanol–water partition coefficient (Wildman–Crippen LogP) is 4.81. The molecule has 0 aromatic heterocycles. The summed E-state index contributed by atoms with van der Waals surface area (Å²) < 4.78 is 0. The van der Waals surface area contributed by atoms with Crippen LogP contribution in [0, 0.1) is 24.2 Å². The number of aryl methyl sites for hydroxylation is 1. The minimum Gasteiger partial charge on any atom is -0.352 e. The molecular formula is C21H24N2OS. The van der Waals surface area contributed by atoms with E-state index < -0.39 is 0 Å². The highest BCUT2D eigenvalue weighted by molar-refractivity contribution is 8.03. The van der Waals surface area contributed by atoms with E-state index in [0.29, 0.717) is 17.9 Å². The van der Waals surface area contributed by atoms with Crippen LogP contribution in [0.2, 0.25) is 0 Å². The van der Waals surface area contributed by atoms with E-state index in [9.17, 15) is 10.1 Å². The Bertz CT molecular complexity index is 781. The number of nitriles is 1. The van der Waals surface area contributed by atoms with Gasteiger partial charge in [0, 0.05) is 23.4 Å². The summed E-state index contributed by atoms with van der Waals surface area (Å²) in [6.45, 7) is 6.40. The van der Waals surface area contributed by atoms with Gasteiger partial charge in [-0.05, 0) is 31.2 Å². The molecule has 3 nitrogen and oxygen atoms in total. The van der Waals surface area contributed by atoms with Crippen LogP contribution < -0.4 is 5.32 Å². The number of rotatable bonds is 4. The quantitative estimate of drug-likeness (QED) is 0.844. The highest BCUT2D eigenvalue weighted by atomic mass is 32.2. The molecule has 0 fully saturated rings. The first-order valence-electron chi connectivity index (χ1n) is 8.88. The summed E-state index contributed by atoms with van der Waals surface area (Å²) in [7, 11) is 0. The predicted molar refractivity (Wildman–Crippen MR) is 103 cm³/mol. The SMILES string of the molecule is Cc1ccc([C@H]2C(C#N)=C(SCC(C)C)NC3=C2C(=O)CCC3)cc1. The van der Waals surface area contributed by atoms with Crippen molar-refractivity contribution in [3.05, 3.63) is 57.3 Å². The minimum absolute atomic E-state index is 0.181. The van der Waals surface area contributed by atoms with Gasteiger partial charge in [0.15, 0.2) is 5.78 Å². The van der Waals surface area contributed by atoms with Crippen LogP contribution in [0.3, 0.4) is 0 Å². The molecule has 2 aliphatic rings. The van der Waals surface area contributed by atoms with E-state index in [2.05, 4.69) is 49.5 Å². The first-order chi connectivity index (χ1) is 12.0. The van der Waals surface area contributed by atoms with Crippen LogP contribution in [-0.2, 0) is 4.79 Å². The van der Waals surface area contributed by atoms with E-state index in [1.165, 1.54) is 5.56 Å². The fourth-order valence-electron chi connectivity index (χ4n) is 3.38. The van der Waals surface area contributed by atoms with Gasteiger partial charge in [0.25, 0.3) is 0 Å². The average Bonchev–Trinajstić information content (AvgIpc) is 2.59. The van der Waals surface area contributed by atoms with Crippen LogP contribution in [0.5, 0.6) is 0 Å². The third-order valence-electron chi connectivity index (χ3n) is 4.63. The summed E-state index contributed by atoms with van der Waals surface area (Å²) in [5.74, 6) is 1.44. The van der Waals surface area contributed by atoms with Crippen molar-refractivity contribution in [2.75, 3.05) is 5.75 Å². The minimum atomic E-state index is -0.232. The lowest BCUT2D eigenvalue weighted by atomic mass is 9.77. The molecule has 1 heterocycles. The number of hydrogen-bond donors (Lipinski definition) is 1. The van der Waals surface area contributed by atoms with E-state index in [4.69, 9.17) is 0 Å². The highest BCUT2D eigenvalue weighted by Crippen LogP contribution is 2.44. The second kappa shape index (κ2) is 7.49. The lowest BCUT2D eigenvalue weighted by molar-refractivity contribution is -0.116. The Morgan fingerprint density at radius 2 is 2.00 bits per heavy atom. The third-order valence-corrected chi connectivity index (χ3v) is 6.08. The van der Waals surface area contributed by atoms with Gasteiger partial charge >= 0.3 is 0 Å². The summed E-state index contributed by atoms with van der Waals surface area (Å²) in [6.07, 6.45) is 2.35. The molecule has 1 aromatic carbocycles. The van der Waals surface area contributed by atoms with Gasteiger partial charge in [-0.15, -0.1) is 11.8 Å². The van der Waals surface area contributed by atoms with Crippen LogP contribution in [0.1, 0.15) is 50.2 Å². The summed E-state index contributed by atoms with van der Waals surface area (Å²) in [4.78, 5) is 12.7. The number of nitrogens with zero attached hydrogens (tertiary/aromatic N) is 1. The molecule has 0 unspecified atom stereocenters. The normalized spacial score (nSPS) is 20.4. The lowest BCUT2D eigenvalue weighted by Crippen LogP contribution is -2.31. The molecule has 1 aromatic rings. The third kappa shape index (κ3) is 3.67. The maximum Gasteiger partial charge on any atom is 0.161 e. The van der Waals surface area contributed by atoms with Crippen molar-refractivity contribution >= 4 is 17.5 Å². The number of nitrogens with one attached hydrogen (secondary N) is 1. The Kier molecular flexibility index (Phi) is 5.34. The second-order valence-corrected chi connectivity index (χ2v) is 8.23. The molecule has 0 radical (unpaired) electrons. The number of carbonyl (C=O) groups is 1. The van der Waals surface area contributed by atoms with Crippen molar-refractivity contribution in [3.8, 4) is 6.07 Å². The van der Waals surface area contributed by atoms with Gasteiger partial charge in [0.1, 0.15) is 0 Å². The van der Waals surface area contributed by atoms with Crippen LogP contribution in [0.15, 0.2) is 46.1 Å². The first kappa shape index (κ1) is 17.8. The molecule has 1 atom stereocenters. The number of ketones is 1. The van der Waals surface area contributed by atoms with Crippen molar-refractivity contribution in [2.45, 2.75) is 46.0 Å². The molecule has 1 N–H and O–H groups in total. The summed E-state index contributed by atoms with van der Waals surface area (Å²) in [5, 5.41) is 14.3. The molecule has 0 saturated carbocycles. The first-order valence-corrected chi connectivity index (χ1v) is 9.86. The van der Waals surface area contributed by atoms with Gasteiger partial charge in [-0.25, -0.2) is 0 Å². The Labute approximate surface area is 154 Å². The molecular weight excluding hydrogens is 328 g/mol. The monoisotopic (exact) mass is 352 g/mol. The molecule has 4 heteroatoms. The second-order valence-electron chi connectivity index (χ2n) is 7.20. The average molecular weight is 353 g/mol. The number of dihydropyridines is 1. The van der Waals surface area contributed by atoms with E-state index in [0.717, 1.165) is 40.5 Å². The standard InChI is InChI=1S/C21H24N2OS/c1-13(2)12-25-21-16(11-22)19(15-9-7-14(3)8-10-15)20-17(23-21)5-4-6-18(20)24/h7-10,13,19,23H,4-6,12H2,1-3H3/t19-/m0/s1. The maximum atomic E-state index is 12.7. The molecule has 1 aliphatic carbocycles. The summed E-state index contributed by atoms with van der Waals surface area (Å²) in [6, 6.07) is 10.6. The molecule has 25 heavy (non-hydrogen) atoms. The highest BCUT2D eigenvalue weighted by Gasteiger charge is 2.36. The molecule has 130 valence electrons. The molecule has 3 rings (SSSR count). The molecule has 0 bridgehead atoms. The molecule has 0 saturated heterocycles. The Morgan fingerprint density at radius 3 is 2.64 bits per heavy atom. The fraction of sp³-hybridized carbons (Fsp3) is 0.429. The van der Waals surface area contributed by atoms with Crippen molar-refractivity contribution in [1.82, 2.24) is 5.32 Å². The smallest absolute Gasteiger partial charge is 0.161 e. The molecule has 0 amide bonds. The zero-order valence-corrected chi connectivity index (χ0v) is 15.9. The van der Waals surface area contributed by atoms with E-state index in [1.807, 2.05) is 6.92 Å². The largest absolute Gasteiger partial charge is 0.352 e. The van der Waals surface area contributed by atoms with Gasteiger partial charge in [-0.3, -0.25) is 4.79 Å². The molecule has 0 spiro atoms. The lowest BCUT2D eigenvalue weighted by Gasteiger charge is -2.33. The van der Waals surface area contributed by atoms with Crippen LogP contribution in [-0.4, -0.2) is 11.5 Å². The Hall–Kier alpha value is -1.99. The number of benzene rings is 1. The van der Waals surface area contributed by atoms with Gasteiger partial charge in [0.2, 0.25) is 0 Å². The maximum absolute atomic E-state index is 12.7. The number of Topliss-reactive ketones (excluding diaryl/α,β-unsaturated/α-hetero) is 1. The van der Waals surface area contributed by atoms with Crippen LogP contribution >= 0.6 is 11.8 Å². The van der Waals surface area contributed by atoms with Crippen molar-refractivity contribution in [2.24, 2.45) is 5.92 Å². The summed E-state index contributed by atoms with van der Waals surface area (Å²) >= 11 is 1.70. The number of carbonyl (C=O) groups excluding carboxylic acids is 1. The van der Waals surface area contributed by atoms with Gasteiger partial charge in [-0.2, -0.15) is 5.26 Å². The van der Waals surface area contributed by atoms with Gasteiger partial charge in [0.05, 0.1) is 22.6 Å². The van der Waals surface area contributed by atoms with Gasteiger partial charge < -0.3 is 5.32 Å². The van der Waals surface area contributed by atoms with Gasteiger partial charge in [-0.1, -0.05) is 43.7 Å². The zero-order valence-electron chi connectivity index (χ0n) is 15.1. The number of hydrogen-bond acceptors (Lipinski definition) is 4. The van der Waals surface area contributed by atoms with Crippen molar-refractivity contribution < 1.29 is 4.79 Å². The Balaban J connectivity index is 2.09. The molecule has 1 aliphatic heterocycles.